The highest BCUT2D eigenvalue weighted by Gasteiger charge is 2.20. The summed E-state index contributed by atoms with van der Waals surface area (Å²) in [6.45, 7) is 9.20. The SMILES string of the molecule is CC(C)(C)OC(=O)Nc1ncc(C(C)(C)N)s1. The van der Waals surface area contributed by atoms with Crippen LogP contribution in [0, 0.1) is 0 Å². The van der Waals surface area contributed by atoms with Gasteiger partial charge in [-0.2, -0.15) is 0 Å². The summed E-state index contributed by atoms with van der Waals surface area (Å²) >= 11 is 1.35. The highest BCUT2D eigenvalue weighted by atomic mass is 32.1. The van der Waals surface area contributed by atoms with Crippen LogP contribution in [0.5, 0.6) is 0 Å². The predicted molar refractivity (Wildman–Crippen MR) is 69.2 cm³/mol. The number of nitrogens with one attached hydrogen (secondary N) is 1. The van der Waals surface area contributed by atoms with E-state index in [0.29, 0.717) is 5.13 Å². The molecule has 0 saturated heterocycles. The summed E-state index contributed by atoms with van der Waals surface area (Å²) < 4.78 is 5.12. The monoisotopic (exact) mass is 257 g/mol. The van der Waals surface area contributed by atoms with E-state index in [1.54, 1.807) is 6.20 Å². The molecule has 5 nitrogen and oxygen atoms in total. The van der Waals surface area contributed by atoms with Gasteiger partial charge in [0.2, 0.25) is 0 Å². The van der Waals surface area contributed by atoms with E-state index >= 15 is 0 Å². The van der Waals surface area contributed by atoms with Crippen molar-refractivity contribution in [3.63, 3.8) is 0 Å². The quantitative estimate of drug-likeness (QED) is 0.854. The Balaban J connectivity index is 2.65. The number of rotatable bonds is 2. The molecule has 6 heteroatoms. The Hall–Kier alpha value is -1.14. The second kappa shape index (κ2) is 4.62. The van der Waals surface area contributed by atoms with E-state index in [4.69, 9.17) is 10.5 Å². The van der Waals surface area contributed by atoms with E-state index in [9.17, 15) is 4.79 Å². The van der Waals surface area contributed by atoms with E-state index in [0.717, 1.165) is 4.88 Å². The van der Waals surface area contributed by atoms with Crippen molar-refractivity contribution in [3.05, 3.63) is 11.1 Å². The van der Waals surface area contributed by atoms with Crippen LogP contribution in [0.25, 0.3) is 0 Å². The summed E-state index contributed by atoms with van der Waals surface area (Å²) in [6, 6.07) is 0. The number of carbonyl (C=O) groups excluding carboxylic acids is 1. The van der Waals surface area contributed by atoms with Gasteiger partial charge < -0.3 is 10.5 Å². The lowest BCUT2D eigenvalue weighted by atomic mass is 10.1. The highest BCUT2D eigenvalue weighted by Crippen LogP contribution is 2.26. The number of carbonyl (C=O) groups is 1. The van der Waals surface area contributed by atoms with Gasteiger partial charge in [0, 0.05) is 16.6 Å². The molecular weight excluding hydrogens is 238 g/mol. The summed E-state index contributed by atoms with van der Waals surface area (Å²) in [7, 11) is 0. The van der Waals surface area contributed by atoms with Crippen molar-refractivity contribution in [1.82, 2.24) is 4.98 Å². The van der Waals surface area contributed by atoms with E-state index in [1.165, 1.54) is 11.3 Å². The van der Waals surface area contributed by atoms with Crippen molar-refractivity contribution in [3.8, 4) is 0 Å². The number of thiazole rings is 1. The lowest BCUT2D eigenvalue weighted by Crippen LogP contribution is -2.27. The van der Waals surface area contributed by atoms with Crippen LogP contribution in [-0.2, 0) is 10.3 Å². The van der Waals surface area contributed by atoms with Gasteiger partial charge in [0.25, 0.3) is 0 Å². The standard InChI is InChI=1S/C11H19N3O2S/c1-10(2,3)16-9(15)14-8-13-6-7(17-8)11(4,5)12/h6H,12H2,1-5H3,(H,13,14,15). The van der Waals surface area contributed by atoms with Crippen LogP contribution in [0.4, 0.5) is 9.93 Å². The van der Waals surface area contributed by atoms with Crippen molar-refractivity contribution in [1.29, 1.82) is 0 Å². The maximum Gasteiger partial charge on any atom is 0.413 e. The van der Waals surface area contributed by atoms with E-state index < -0.39 is 17.2 Å². The number of aromatic nitrogens is 1. The number of amides is 1. The van der Waals surface area contributed by atoms with Crippen LogP contribution in [0.1, 0.15) is 39.5 Å². The first-order valence-corrected chi connectivity index (χ1v) is 6.15. The van der Waals surface area contributed by atoms with Crippen molar-refractivity contribution >= 4 is 22.6 Å². The van der Waals surface area contributed by atoms with Crippen LogP contribution in [-0.4, -0.2) is 16.7 Å². The molecule has 17 heavy (non-hydrogen) atoms. The number of nitrogens with zero attached hydrogens (tertiary/aromatic N) is 1. The smallest absolute Gasteiger partial charge is 0.413 e. The molecular formula is C11H19N3O2S. The minimum absolute atomic E-state index is 0.453. The van der Waals surface area contributed by atoms with Crippen LogP contribution in [0.15, 0.2) is 6.20 Å². The Bertz CT molecular complexity index is 402. The minimum atomic E-state index is -0.517. The number of hydrogen-bond donors (Lipinski definition) is 2. The molecule has 0 radical (unpaired) electrons. The van der Waals surface area contributed by atoms with Crippen molar-refractivity contribution < 1.29 is 9.53 Å². The molecule has 0 aliphatic rings. The Kier molecular flexibility index (Phi) is 3.78. The third-order valence-corrected chi connectivity index (χ3v) is 3.00. The van der Waals surface area contributed by atoms with Gasteiger partial charge in [-0.3, -0.25) is 5.32 Å². The molecule has 1 rings (SSSR count). The van der Waals surface area contributed by atoms with Crippen LogP contribution in [0.2, 0.25) is 0 Å². The average molecular weight is 257 g/mol. The first-order chi connectivity index (χ1) is 7.58. The molecule has 0 spiro atoms. The number of nitrogens with two attached hydrogens (primary N) is 1. The molecule has 1 heterocycles. The van der Waals surface area contributed by atoms with Crippen molar-refractivity contribution in [2.45, 2.75) is 45.8 Å². The zero-order valence-electron chi connectivity index (χ0n) is 10.8. The molecule has 1 aromatic heterocycles. The van der Waals surface area contributed by atoms with E-state index in [2.05, 4.69) is 10.3 Å². The van der Waals surface area contributed by atoms with Gasteiger partial charge in [0.15, 0.2) is 5.13 Å². The molecule has 0 aromatic carbocycles. The first-order valence-electron chi connectivity index (χ1n) is 5.33. The Morgan fingerprint density at radius 1 is 1.41 bits per heavy atom. The van der Waals surface area contributed by atoms with Gasteiger partial charge >= 0.3 is 6.09 Å². The van der Waals surface area contributed by atoms with Crippen LogP contribution < -0.4 is 11.1 Å². The van der Waals surface area contributed by atoms with Crippen LogP contribution >= 0.6 is 11.3 Å². The summed E-state index contributed by atoms with van der Waals surface area (Å²) in [5.41, 5.74) is 4.96. The molecule has 0 atom stereocenters. The van der Waals surface area contributed by atoms with Gasteiger partial charge in [-0.1, -0.05) is 11.3 Å². The Morgan fingerprint density at radius 3 is 2.41 bits per heavy atom. The minimum Gasteiger partial charge on any atom is -0.444 e. The normalized spacial score (nSPS) is 12.4. The predicted octanol–water partition coefficient (Wildman–Crippen LogP) is 2.68. The third-order valence-electron chi connectivity index (χ3n) is 1.75. The average Bonchev–Trinajstić information content (AvgIpc) is 2.47. The maximum absolute atomic E-state index is 11.5. The van der Waals surface area contributed by atoms with Gasteiger partial charge in [-0.25, -0.2) is 9.78 Å². The fourth-order valence-electron chi connectivity index (χ4n) is 1.02. The largest absolute Gasteiger partial charge is 0.444 e. The van der Waals surface area contributed by atoms with E-state index in [1.807, 2.05) is 34.6 Å². The van der Waals surface area contributed by atoms with Crippen molar-refractivity contribution in [2.24, 2.45) is 5.73 Å². The van der Waals surface area contributed by atoms with Gasteiger partial charge in [0.05, 0.1) is 0 Å². The molecule has 3 N–H and O–H groups in total. The molecule has 0 bridgehead atoms. The molecule has 1 aromatic rings. The molecule has 96 valence electrons. The zero-order valence-corrected chi connectivity index (χ0v) is 11.6. The summed E-state index contributed by atoms with van der Waals surface area (Å²) in [5, 5.41) is 3.07. The first kappa shape index (κ1) is 13.9. The number of ether oxygens (including phenoxy) is 1. The van der Waals surface area contributed by atoms with Crippen LogP contribution in [0.3, 0.4) is 0 Å². The molecule has 1 amide bonds. The summed E-state index contributed by atoms with van der Waals surface area (Å²) in [6.07, 6.45) is 1.16. The maximum atomic E-state index is 11.5. The lowest BCUT2D eigenvalue weighted by Gasteiger charge is -2.19. The fraction of sp³-hybridized carbons (Fsp3) is 0.636. The lowest BCUT2D eigenvalue weighted by molar-refractivity contribution is 0.0636. The molecule has 0 unspecified atom stereocenters. The molecule has 0 aliphatic carbocycles. The summed E-state index contributed by atoms with van der Waals surface area (Å²) in [5.74, 6) is 0. The molecule has 0 saturated carbocycles. The fourth-order valence-corrected chi connectivity index (χ4v) is 1.84. The highest BCUT2D eigenvalue weighted by molar-refractivity contribution is 7.15. The third kappa shape index (κ3) is 4.70. The molecule has 0 aliphatic heterocycles. The zero-order chi connectivity index (χ0) is 13.3. The van der Waals surface area contributed by atoms with Gasteiger partial charge in [-0.15, -0.1) is 0 Å². The number of anilines is 1. The Labute approximate surface area is 105 Å². The topological polar surface area (TPSA) is 77.2 Å². The summed E-state index contributed by atoms with van der Waals surface area (Å²) in [4.78, 5) is 16.5. The van der Waals surface area contributed by atoms with Crippen molar-refractivity contribution in [2.75, 3.05) is 5.32 Å². The second-order valence-corrected chi connectivity index (χ2v) is 6.41. The van der Waals surface area contributed by atoms with Gasteiger partial charge in [-0.05, 0) is 34.6 Å². The van der Waals surface area contributed by atoms with Gasteiger partial charge in [0.1, 0.15) is 5.60 Å². The molecule has 0 fully saturated rings. The Morgan fingerprint density at radius 2 is 2.00 bits per heavy atom. The van der Waals surface area contributed by atoms with E-state index in [-0.39, 0.29) is 0 Å². The second-order valence-electron chi connectivity index (χ2n) is 5.38. The number of hydrogen-bond acceptors (Lipinski definition) is 5.